The van der Waals surface area contributed by atoms with Gasteiger partial charge in [0.25, 0.3) is 5.56 Å². The topological polar surface area (TPSA) is 125 Å². The summed E-state index contributed by atoms with van der Waals surface area (Å²) in [5, 5.41) is 9.06. The van der Waals surface area contributed by atoms with Gasteiger partial charge in [-0.15, -0.1) is 0 Å². The van der Waals surface area contributed by atoms with Crippen molar-refractivity contribution in [2.45, 2.75) is 38.4 Å². The van der Waals surface area contributed by atoms with Crippen LogP contribution >= 0.6 is 15.9 Å². The smallest absolute Gasteiger partial charge is 0.378 e. The molecule has 180 valence electrons. The number of amides is 1. The van der Waals surface area contributed by atoms with Crippen molar-refractivity contribution < 1.29 is 22.8 Å². The highest BCUT2D eigenvalue weighted by atomic mass is 79.9. The fraction of sp³-hybridized carbons (Fsp3) is 0.526. The van der Waals surface area contributed by atoms with Crippen LogP contribution in [0.25, 0.3) is 0 Å². The maximum Gasteiger partial charge on any atom is 0.419 e. The zero-order valence-electron chi connectivity index (χ0n) is 17.7. The number of halogens is 4. The molecule has 1 atom stereocenters. The highest BCUT2D eigenvalue weighted by molar-refractivity contribution is 9.10. The largest absolute Gasteiger partial charge is 0.419 e. The number of hydrogen-bond acceptors (Lipinski definition) is 8. The Morgan fingerprint density at radius 2 is 1.97 bits per heavy atom. The molecule has 0 radical (unpaired) electrons. The second-order valence-electron chi connectivity index (χ2n) is 7.71. The van der Waals surface area contributed by atoms with Gasteiger partial charge in [0.05, 0.1) is 24.1 Å². The van der Waals surface area contributed by atoms with Crippen LogP contribution in [0, 0.1) is 5.92 Å². The van der Waals surface area contributed by atoms with Crippen molar-refractivity contribution in [2.75, 3.05) is 29.9 Å². The van der Waals surface area contributed by atoms with Crippen molar-refractivity contribution in [3.05, 3.63) is 39.0 Å². The summed E-state index contributed by atoms with van der Waals surface area (Å²) in [6.07, 6.45) is 0.179. The van der Waals surface area contributed by atoms with Crippen LogP contribution in [-0.4, -0.2) is 51.8 Å². The molecule has 1 amide bonds. The van der Waals surface area contributed by atoms with Crippen LogP contribution in [0.15, 0.2) is 27.9 Å². The molecule has 2 aromatic rings. The third-order valence-corrected chi connectivity index (χ3v) is 5.84. The van der Waals surface area contributed by atoms with Gasteiger partial charge in [-0.2, -0.15) is 18.3 Å². The fourth-order valence-corrected chi connectivity index (χ4v) is 3.62. The van der Waals surface area contributed by atoms with Gasteiger partial charge in [-0.3, -0.25) is 14.4 Å². The molecular formula is C19H23BrF3N7O3. The fourth-order valence-electron chi connectivity index (χ4n) is 3.31. The Labute approximate surface area is 195 Å². The lowest BCUT2D eigenvalue weighted by Gasteiger charge is -2.31. The first-order valence-corrected chi connectivity index (χ1v) is 11.0. The SMILES string of the molecule is C[C@@H](CONC(=O)CC1CCN(c2ncc(C(F)(F)F)cn2)CC1)Nc1cn[nH]c(=O)c1Br. The zero-order chi connectivity index (χ0) is 24.0. The van der Waals surface area contributed by atoms with Crippen LogP contribution in [0.5, 0.6) is 0 Å². The molecule has 1 fully saturated rings. The molecule has 1 saturated heterocycles. The first kappa shape index (κ1) is 24.9. The van der Waals surface area contributed by atoms with Crippen LogP contribution in [0.3, 0.4) is 0 Å². The van der Waals surface area contributed by atoms with E-state index in [0.717, 1.165) is 12.4 Å². The summed E-state index contributed by atoms with van der Waals surface area (Å²) in [5.74, 6) is 0.108. The molecule has 1 aliphatic rings. The summed E-state index contributed by atoms with van der Waals surface area (Å²) < 4.78 is 38.2. The van der Waals surface area contributed by atoms with Gasteiger partial charge in [-0.25, -0.2) is 20.5 Å². The summed E-state index contributed by atoms with van der Waals surface area (Å²) in [6, 6.07) is -0.211. The molecule has 0 unspecified atom stereocenters. The Kier molecular flexibility index (Phi) is 8.24. The van der Waals surface area contributed by atoms with Gasteiger partial charge in [0, 0.05) is 37.9 Å². The number of hydroxylamine groups is 1. The second-order valence-corrected chi connectivity index (χ2v) is 8.51. The number of H-pyrrole nitrogens is 1. The molecule has 0 spiro atoms. The molecule has 33 heavy (non-hydrogen) atoms. The molecule has 0 bridgehead atoms. The van der Waals surface area contributed by atoms with Gasteiger partial charge in [0.2, 0.25) is 11.9 Å². The molecule has 14 heteroatoms. The number of anilines is 2. The number of piperidine rings is 1. The molecule has 0 aromatic carbocycles. The minimum atomic E-state index is -4.47. The van der Waals surface area contributed by atoms with E-state index in [0.29, 0.717) is 36.1 Å². The third kappa shape index (κ3) is 7.12. The summed E-state index contributed by atoms with van der Waals surface area (Å²) in [4.78, 5) is 38.4. The number of nitrogens with zero attached hydrogens (tertiary/aromatic N) is 4. The van der Waals surface area contributed by atoms with Gasteiger partial charge in [0.15, 0.2) is 0 Å². The van der Waals surface area contributed by atoms with Crippen molar-refractivity contribution in [3.63, 3.8) is 0 Å². The summed E-state index contributed by atoms with van der Waals surface area (Å²) >= 11 is 3.17. The second kappa shape index (κ2) is 10.9. The van der Waals surface area contributed by atoms with E-state index in [9.17, 15) is 22.8 Å². The van der Waals surface area contributed by atoms with E-state index in [2.05, 4.69) is 46.9 Å². The minimum absolute atomic E-state index is 0.118. The Morgan fingerprint density at radius 1 is 1.30 bits per heavy atom. The number of aromatic nitrogens is 4. The molecule has 0 saturated carbocycles. The van der Waals surface area contributed by atoms with E-state index in [-0.39, 0.29) is 42.4 Å². The number of carbonyl (C=O) groups is 1. The van der Waals surface area contributed by atoms with Crippen LogP contribution in [0.2, 0.25) is 0 Å². The Balaban J connectivity index is 1.36. The number of nitrogens with one attached hydrogen (secondary N) is 3. The lowest BCUT2D eigenvalue weighted by molar-refractivity contribution is -0.138. The Hall–Kier alpha value is -2.74. The number of aromatic amines is 1. The summed E-state index contributed by atoms with van der Waals surface area (Å²) in [7, 11) is 0. The quantitative estimate of drug-likeness (QED) is 0.442. The van der Waals surface area contributed by atoms with Crippen molar-refractivity contribution in [2.24, 2.45) is 5.92 Å². The normalized spacial score (nSPS) is 15.8. The lowest BCUT2D eigenvalue weighted by Crippen LogP contribution is -2.37. The summed E-state index contributed by atoms with van der Waals surface area (Å²) in [6.45, 7) is 3.07. The van der Waals surface area contributed by atoms with Gasteiger partial charge in [-0.1, -0.05) is 0 Å². The summed E-state index contributed by atoms with van der Waals surface area (Å²) in [5.41, 5.74) is 1.67. The first-order valence-electron chi connectivity index (χ1n) is 10.2. The monoisotopic (exact) mass is 533 g/mol. The minimum Gasteiger partial charge on any atom is -0.378 e. The maximum atomic E-state index is 12.6. The number of alkyl halides is 3. The molecule has 3 N–H and O–H groups in total. The van der Waals surface area contributed by atoms with Crippen molar-refractivity contribution in [3.8, 4) is 0 Å². The van der Waals surface area contributed by atoms with E-state index in [1.807, 2.05) is 6.92 Å². The predicted molar refractivity (Wildman–Crippen MR) is 116 cm³/mol. The Bertz CT molecular complexity index is 995. The maximum absolute atomic E-state index is 12.6. The number of hydrogen-bond donors (Lipinski definition) is 3. The van der Waals surface area contributed by atoms with Crippen molar-refractivity contribution >= 4 is 33.5 Å². The molecule has 2 aromatic heterocycles. The first-order chi connectivity index (χ1) is 15.6. The van der Waals surface area contributed by atoms with Crippen LogP contribution in [0.4, 0.5) is 24.8 Å². The lowest BCUT2D eigenvalue weighted by atomic mass is 9.93. The van der Waals surface area contributed by atoms with E-state index < -0.39 is 11.7 Å². The average Bonchev–Trinajstić information content (AvgIpc) is 2.77. The van der Waals surface area contributed by atoms with Crippen LogP contribution in [-0.2, 0) is 15.8 Å². The predicted octanol–water partition coefficient (Wildman–Crippen LogP) is 2.50. The average molecular weight is 534 g/mol. The molecule has 3 rings (SSSR count). The van der Waals surface area contributed by atoms with Crippen molar-refractivity contribution in [1.29, 1.82) is 0 Å². The standard InChI is InChI=1S/C19H23BrF3N7O3/c1-11(27-14-9-26-28-17(32)16(14)20)10-33-29-15(31)6-12-2-4-30(5-3-12)18-24-7-13(8-25-18)19(21,22)23/h7-9,11-12H,2-6,10H2,1H3,(H,29,31)(H2,27,28,32)/t11-/m0/s1. The zero-order valence-corrected chi connectivity index (χ0v) is 19.2. The Morgan fingerprint density at radius 3 is 2.61 bits per heavy atom. The molecule has 10 nitrogen and oxygen atoms in total. The van der Waals surface area contributed by atoms with E-state index >= 15 is 0 Å². The molecule has 0 aliphatic carbocycles. The number of rotatable bonds is 8. The van der Waals surface area contributed by atoms with Gasteiger partial charge < -0.3 is 10.2 Å². The van der Waals surface area contributed by atoms with Crippen molar-refractivity contribution in [1.82, 2.24) is 25.6 Å². The molecule has 3 heterocycles. The van der Waals surface area contributed by atoms with Crippen LogP contribution in [0.1, 0.15) is 31.7 Å². The van der Waals surface area contributed by atoms with Gasteiger partial charge in [-0.05, 0) is 41.6 Å². The number of carbonyl (C=O) groups excluding carboxylic acids is 1. The highest BCUT2D eigenvalue weighted by Gasteiger charge is 2.32. The van der Waals surface area contributed by atoms with E-state index in [1.54, 1.807) is 4.90 Å². The molecule has 1 aliphatic heterocycles. The highest BCUT2D eigenvalue weighted by Crippen LogP contribution is 2.29. The van der Waals surface area contributed by atoms with Gasteiger partial charge in [0.1, 0.15) is 4.47 Å². The van der Waals surface area contributed by atoms with Crippen LogP contribution < -0.4 is 21.3 Å². The van der Waals surface area contributed by atoms with E-state index in [1.165, 1.54) is 6.20 Å². The van der Waals surface area contributed by atoms with Gasteiger partial charge >= 0.3 is 6.18 Å². The third-order valence-electron chi connectivity index (χ3n) is 5.05. The molecular weight excluding hydrogens is 511 g/mol. The van der Waals surface area contributed by atoms with E-state index in [4.69, 9.17) is 4.84 Å².